The highest BCUT2D eigenvalue weighted by atomic mass is 32.1. The molecular formula is C28H37N3S. The molecule has 3 nitrogen and oxygen atoms in total. The Morgan fingerprint density at radius 1 is 0.906 bits per heavy atom. The first kappa shape index (κ1) is 23.0. The van der Waals surface area contributed by atoms with Crippen molar-refractivity contribution in [3.63, 3.8) is 0 Å². The van der Waals surface area contributed by atoms with E-state index in [1.54, 1.807) is 0 Å². The van der Waals surface area contributed by atoms with Crippen molar-refractivity contribution in [2.24, 2.45) is 0 Å². The quantitative estimate of drug-likeness (QED) is 0.301. The molecule has 1 N–H and O–H groups in total. The molecule has 2 heterocycles. The first-order valence-electron chi connectivity index (χ1n) is 12.4. The lowest BCUT2D eigenvalue weighted by Gasteiger charge is -2.16. The van der Waals surface area contributed by atoms with Gasteiger partial charge in [-0.25, -0.2) is 0 Å². The lowest BCUT2D eigenvalue weighted by atomic mass is 9.88. The molecule has 0 spiro atoms. The van der Waals surface area contributed by atoms with Gasteiger partial charge in [-0.1, -0.05) is 76.1 Å². The molecule has 0 amide bonds. The van der Waals surface area contributed by atoms with Crippen molar-refractivity contribution in [1.82, 2.24) is 15.4 Å². The van der Waals surface area contributed by atoms with Gasteiger partial charge in [0.15, 0.2) is 0 Å². The van der Waals surface area contributed by atoms with Crippen molar-refractivity contribution >= 4 is 22.5 Å². The molecule has 0 saturated heterocycles. The van der Waals surface area contributed by atoms with Crippen molar-refractivity contribution in [2.45, 2.75) is 91.4 Å². The van der Waals surface area contributed by atoms with E-state index in [0.29, 0.717) is 0 Å². The van der Waals surface area contributed by atoms with Crippen LogP contribution in [0.4, 0.5) is 0 Å². The van der Waals surface area contributed by atoms with E-state index >= 15 is 0 Å². The zero-order valence-corrected chi connectivity index (χ0v) is 20.9. The molecule has 1 unspecified atom stereocenters. The summed E-state index contributed by atoms with van der Waals surface area (Å²) < 4.78 is 0. The number of allylic oxidation sites excluding steroid dienone is 2. The molecule has 0 radical (unpaired) electrons. The van der Waals surface area contributed by atoms with Gasteiger partial charge in [0.25, 0.3) is 0 Å². The van der Waals surface area contributed by atoms with Crippen LogP contribution < -0.4 is 0 Å². The number of benzene rings is 1. The molecule has 1 aromatic carbocycles. The van der Waals surface area contributed by atoms with Gasteiger partial charge < -0.3 is 0 Å². The van der Waals surface area contributed by atoms with Gasteiger partial charge in [0.05, 0.1) is 17.3 Å². The SMILES string of the molecule is CCCCCCCCCCc1n[nH]nc1C1C(c2scc(C)c2C)=C(C)c2ccccc21. The Labute approximate surface area is 197 Å². The van der Waals surface area contributed by atoms with E-state index in [1.165, 1.54) is 89.6 Å². The zero-order valence-electron chi connectivity index (χ0n) is 20.1. The Morgan fingerprint density at radius 3 is 2.34 bits per heavy atom. The molecule has 32 heavy (non-hydrogen) atoms. The number of aromatic amines is 1. The molecule has 1 atom stereocenters. The number of thiophene rings is 1. The standard InChI is InChI=1S/C28H37N3S/c1-5-6-7-8-9-10-11-12-17-24-27(30-31-29-24)26-23-16-14-13-15-22(23)21(4)25(26)28-20(3)19(2)18-32-28/h13-16,18,26H,5-12,17H2,1-4H3,(H,29,30,31). The number of aromatic nitrogens is 3. The highest BCUT2D eigenvalue weighted by Crippen LogP contribution is 2.52. The summed E-state index contributed by atoms with van der Waals surface area (Å²) in [6.07, 6.45) is 11.7. The van der Waals surface area contributed by atoms with Gasteiger partial charge in [0.1, 0.15) is 0 Å². The Kier molecular flexibility index (Phi) is 7.62. The zero-order chi connectivity index (χ0) is 22.5. The van der Waals surface area contributed by atoms with Crippen molar-refractivity contribution in [3.05, 3.63) is 68.2 Å². The molecule has 4 rings (SSSR count). The maximum Gasteiger partial charge on any atom is 0.0976 e. The average Bonchev–Trinajstić information content (AvgIpc) is 3.47. The largest absolute Gasteiger partial charge is 0.197 e. The summed E-state index contributed by atoms with van der Waals surface area (Å²) >= 11 is 1.87. The van der Waals surface area contributed by atoms with Gasteiger partial charge in [0.2, 0.25) is 0 Å². The van der Waals surface area contributed by atoms with Gasteiger partial charge in [-0.2, -0.15) is 15.4 Å². The number of nitrogens with zero attached hydrogens (tertiary/aromatic N) is 2. The Hall–Kier alpha value is -2.20. The van der Waals surface area contributed by atoms with Crippen molar-refractivity contribution in [3.8, 4) is 0 Å². The molecule has 2 aromatic heterocycles. The predicted octanol–water partition coefficient (Wildman–Crippen LogP) is 8.24. The molecule has 1 aliphatic rings. The van der Waals surface area contributed by atoms with E-state index in [4.69, 9.17) is 5.10 Å². The molecule has 0 fully saturated rings. The Balaban J connectivity index is 1.54. The fourth-order valence-corrected chi connectivity index (χ4v) is 6.27. The summed E-state index contributed by atoms with van der Waals surface area (Å²) in [7, 11) is 0. The summed E-state index contributed by atoms with van der Waals surface area (Å²) in [5.41, 5.74) is 10.6. The Bertz CT molecular complexity index is 1070. The fraction of sp³-hybridized carbons (Fsp3) is 0.500. The van der Waals surface area contributed by atoms with Crippen LogP contribution in [0, 0.1) is 13.8 Å². The van der Waals surface area contributed by atoms with Crippen LogP contribution in [0.1, 0.15) is 110 Å². The van der Waals surface area contributed by atoms with Gasteiger partial charge >= 0.3 is 0 Å². The second-order valence-corrected chi connectivity index (χ2v) is 10.2. The molecule has 0 bridgehead atoms. The molecule has 0 saturated carbocycles. The molecule has 0 aliphatic heterocycles. The van der Waals surface area contributed by atoms with Crippen molar-refractivity contribution < 1.29 is 0 Å². The van der Waals surface area contributed by atoms with Crippen LogP contribution in [0.15, 0.2) is 29.6 Å². The van der Waals surface area contributed by atoms with Crippen LogP contribution >= 0.6 is 11.3 Å². The third kappa shape index (κ3) is 4.61. The third-order valence-electron chi connectivity index (χ3n) is 7.09. The number of hydrogen-bond acceptors (Lipinski definition) is 3. The Morgan fingerprint density at radius 2 is 1.62 bits per heavy atom. The number of hydrogen-bond donors (Lipinski definition) is 1. The van der Waals surface area contributed by atoms with Gasteiger partial charge in [-0.05, 0) is 72.4 Å². The number of fused-ring (bicyclic) bond motifs is 1. The van der Waals surface area contributed by atoms with Gasteiger partial charge in [-0.3, -0.25) is 0 Å². The topological polar surface area (TPSA) is 41.6 Å². The maximum atomic E-state index is 4.73. The van der Waals surface area contributed by atoms with E-state index in [0.717, 1.165) is 17.8 Å². The summed E-state index contributed by atoms with van der Waals surface area (Å²) in [5.74, 6) is 0.172. The van der Waals surface area contributed by atoms with E-state index < -0.39 is 0 Å². The summed E-state index contributed by atoms with van der Waals surface area (Å²) in [6, 6.07) is 8.85. The first-order valence-corrected chi connectivity index (χ1v) is 13.3. The van der Waals surface area contributed by atoms with E-state index in [-0.39, 0.29) is 5.92 Å². The first-order chi connectivity index (χ1) is 15.6. The third-order valence-corrected chi connectivity index (χ3v) is 8.32. The highest BCUT2D eigenvalue weighted by molar-refractivity contribution is 7.11. The average molecular weight is 448 g/mol. The number of aryl methyl sites for hydroxylation is 2. The van der Waals surface area contributed by atoms with E-state index in [1.807, 2.05) is 11.3 Å². The lowest BCUT2D eigenvalue weighted by Crippen LogP contribution is -2.05. The second-order valence-electron chi connectivity index (χ2n) is 9.31. The van der Waals surface area contributed by atoms with Crippen LogP contribution in [0.5, 0.6) is 0 Å². The molecule has 170 valence electrons. The van der Waals surface area contributed by atoms with Crippen LogP contribution in [0.3, 0.4) is 0 Å². The number of rotatable bonds is 11. The normalized spacial score (nSPS) is 15.6. The van der Waals surface area contributed by atoms with Gasteiger partial charge in [-0.15, -0.1) is 11.3 Å². The maximum absolute atomic E-state index is 4.73. The molecule has 1 aliphatic carbocycles. The molecular weight excluding hydrogens is 410 g/mol. The minimum Gasteiger partial charge on any atom is -0.197 e. The number of unbranched alkanes of at least 4 members (excludes halogenated alkanes) is 7. The predicted molar refractivity (Wildman–Crippen MR) is 137 cm³/mol. The summed E-state index contributed by atoms with van der Waals surface area (Å²) in [6.45, 7) is 9.03. The highest BCUT2D eigenvalue weighted by Gasteiger charge is 2.35. The van der Waals surface area contributed by atoms with Crippen LogP contribution in [-0.2, 0) is 6.42 Å². The van der Waals surface area contributed by atoms with Crippen LogP contribution in [0.25, 0.3) is 11.1 Å². The number of nitrogens with one attached hydrogen (secondary N) is 1. The second kappa shape index (κ2) is 10.6. The molecule has 4 heteroatoms. The lowest BCUT2D eigenvalue weighted by molar-refractivity contribution is 0.573. The van der Waals surface area contributed by atoms with Crippen LogP contribution in [-0.4, -0.2) is 15.4 Å². The minimum atomic E-state index is 0.172. The molecule has 3 aromatic rings. The van der Waals surface area contributed by atoms with Gasteiger partial charge in [0, 0.05) is 4.88 Å². The monoisotopic (exact) mass is 447 g/mol. The van der Waals surface area contributed by atoms with E-state index in [9.17, 15) is 0 Å². The number of H-pyrrole nitrogens is 1. The van der Waals surface area contributed by atoms with Crippen LogP contribution in [0.2, 0.25) is 0 Å². The summed E-state index contributed by atoms with van der Waals surface area (Å²) in [5, 5.41) is 14.6. The smallest absolute Gasteiger partial charge is 0.0976 e. The summed E-state index contributed by atoms with van der Waals surface area (Å²) in [4.78, 5) is 1.40. The van der Waals surface area contributed by atoms with Crippen molar-refractivity contribution in [1.29, 1.82) is 0 Å². The minimum absolute atomic E-state index is 0.172. The van der Waals surface area contributed by atoms with E-state index in [2.05, 4.69) is 67.7 Å². The van der Waals surface area contributed by atoms with Crippen molar-refractivity contribution in [2.75, 3.05) is 0 Å². The fourth-order valence-electron chi connectivity index (χ4n) is 5.06.